The van der Waals surface area contributed by atoms with Gasteiger partial charge in [0.1, 0.15) is 5.78 Å². The molecule has 13 heavy (non-hydrogen) atoms. The van der Waals surface area contributed by atoms with Crippen LogP contribution in [-0.2, 0) is 4.79 Å². The topological polar surface area (TPSA) is 43.1 Å². The molecule has 0 radical (unpaired) electrons. The Morgan fingerprint density at radius 2 is 2.31 bits per heavy atom. The molecule has 0 saturated heterocycles. The van der Waals surface area contributed by atoms with Gasteiger partial charge in [0.05, 0.1) is 0 Å². The molecule has 74 valence electrons. The standard InChI is InChI=1S/C11H19NO/c1-3-8(2)6-11(13)9-4-5-10(12)7-9/h4-5,8-10H,3,6-7,12H2,1-2H3. The zero-order valence-electron chi connectivity index (χ0n) is 8.49. The fourth-order valence-electron chi connectivity index (χ4n) is 1.61. The van der Waals surface area contributed by atoms with E-state index in [0.717, 1.165) is 12.8 Å². The highest BCUT2D eigenvalue weighted by molar-refractivity contribution is 5.83. The Kier molecular flexibility index (Phi) is 3.67. The average molecular weight is 181 g/mol. The van der Waals surface area contributed by atoms with E-state index in [2.05, 4.69) is 13.8 Å². The summed E-state index contributed by atoms with van der Waals surface area (Å²) in [7, 11) is 0. The van der Waals surface area contributed by atoms with Crippen molar-refractivity contribution in [3.63, 3.8) is 0 Å². The van der Waals surface area contributed by atoms with Gasteiger partial charge in [0.25, 0.3) is 0 Å². The van der Waals surface area contributed by atoms with Crippen molar-refractivity contribution in [1.29, 1.82) is 0 Å². The number of nitrogens with two attached hydrogens (primary N) is 1. The summed E-state index contributed by atoms with van der Waals surface area (Å²) in [5, 5.41) is 0. The Labute approximate surface area is 80.2 Å². The SMILES string of the molecule is CCC(C)CC(=O)C1C=CC(N)C1. The molecule has 1 rings (SSSR count). The highest BCUT2D eigenvalue weighted by Gasteiger charge is 2.23. The van der Waals surface area contributed by atoms with Crippen LogP contribution in [-0.4, -0.2) is 11.8 Å². The van der Waals surface area contributed by atoms with Gasteiger partial charge in [-0.05, 0) is 12.3 Å². The van der Waals surface area contributed by atoms with Crippen molar-refractivity contribution in [2.24, 2.45) is 17.6 Å². The number of allylic oxidation sites excluding steroid dienone is 1. The maximum Gasteiger partial charge on any atom is 0.140 e. The molecule has 3 atom stereocenters. The van der Waals surface area contributed by atoms with Crippen molar-refractivity contribution in [3.05, 3.63) is 12.2 Å². The minimum atomic E-state index is 0.101. The third-order valence-electron chi connectivity index (χ3n) is 2.78. The third-order valence-corrected chi connectivity index (χ3v) is 2.78. The molecule has 1 aliphatic rings. The summed E-state index contributed by atoms with van der Waals surface area (Å²) >= 11 is 0. The zero-order chi connectivity index (χ0) is 9.84. The summed E-state index contributed by atoms with van der Waals surface area (Å²) in [6.07, 6.45) is 6.51. The number of carbonyl (C=O) groups is 1. The van der Waals surface area contributed by atoms with Gasteiger partial charge in [-0.15, -0.1) is 0 Å². The molecule has 2 nitrogen and oxygen atoms in total. The van der Waals surface area contributed by atoms with Crippen LogP contribution >= 0.6 is 0 Å². The summed E-state index contributed by atoms with van der Waals surface area (Å²) < 4.78 is 0. The lowest BCUT2D eigenvalue weighted by molar-refractivity contribution is -0.122. The van der Waals surface area contributed by atoms with Gasteiger partial charge in [0, 0.05) is 18.4 Å². The van der Waals surface area contributed by atoms with E-state index >= 15 is 0 Å². The average Bonchev–Trinajstić information content (AvgIpc) is 2.51. The molecule has 0 bridgehead atoms. The third kappa shape index (κ3) is 2.96. The van der Waals surface area contributed by atoms with Crippen molar-refractivity contribution >= 4 is 5.78 Å². The van der Waals surface area contributed by atoms with E-state index in [1.807, 2.05) is 12.2 Å². The Bertz CT molecular complexity index is 210. The van der Waals surface area contributed by atoms with Crippen LogP contribution < -0.4 is 5.73 Å². The molecular formula is C11H19NO. The van der Waals surface area contributed by atoms with E-state index in [9.17, 15) is 4.79 Å². The normalized spacial score (nSPS) is 29.2. The zero-order valence-corrected chi connectivity index (χ0v) is 8.49. The molecular weight excluding hydrogens is 162 g/mol. The molecule has 0 amide bonds. The predicted molar refractivity (Wildman–Crippen MR) is 54.3 cm³/mol. The number of ketones is 1. The highest BCUT2D eigenvalue weighted by Crippen LogP contribution is 2.21. The summed E-state index contributed by atoms with van der Waals surface area (Å²) in [6.45, 7) is 4.24. The van der Waals surface area contributed by atoms with E-state index in [0.29, 0.717) is 18.1 Å². The van der Waals surface area contributed by atoms with Gasteiger partial charge in [0.15, 0.2) is 0 Å². The first-order valence-corrected chi connectivity index (χ1v) is 5.10. The summed E-state index contributed by atoms with van der Waals surface area (Å²) in [5.74, 6) is 0.972. The fourth-order valence-corrected chi connectivity index (χ4v) is 1.61. The molecule has 2 N–H and O–H groups in total. The first-order valence-electron chi connectivity index (χ1n) is 5.10. The molecule has 0 aromatic carbocycles. The maximum atomic E-state index is 11.7. The second-order valence-electron chi connectivity index (χ2n) is 4.07. The minimum absolute atomic E-state index is 0.101. The predicted octanol–water partition coefficient (Wildman–Crippen LogP) is 1.90. The van der Waals surface area contributed by atoms with Crippen LogP contribution in [0.25, 0.3) is 0 Å². The van der Waals surface area contributed by atoms with Gasteiger partial charge in [-0.2, -0.15) is 0 Å². The van der Waals surface area contributed by atoms with Gasteiger partial charge in [-0.1, -0.05) is 32.4 Å². The van der Waals surface area contributed by atoms with Crippen molar-refractivity contribution in [3.8, 4) is 0 Å². The molecule has 3 unspecified atom stereocenters. The number of Topliss-reactive ketones (excluding diaryl/α,β-unsaturated/α-hetero) is 1. The van der Waals surface area contributed by atoms with Crippen LogP contribution in [0.5, 0.6) is 0 Å². The van der Waals surface area contributed by atoms with Crippen molar-refractivity contribution < 1.29 is 4.79 Å². The molecule has 0 fully saturated rings. The molecule has 2 heteroatoms. The Morgan fingerprint density at radius 3 is 2.77 bits per heavy atom. The van der Waals surface area contributed by atoms with E-state index in [4.69, 9.17) is 5.73 Å². The highest BCUT2D eigenvalue weighted by atomic mass is 16.1. The number of carbonyl (C=O) groups excluding carboxylic acids is 1. The largest absolute Gasteiger partial charge is 0.324 e. The van der Waals surface area contributed by atoms with Crippen LogP contribution in [0.4, 0.5) is 0 Å². The summed E-state index contributed by atoms with van der Waals surface area (Å²) in [6, 6.07) is 0.103. The summed E-state index contributed by atoms with van der Waals surface area (Å²) in [4.78, 5) is 11.7. The van der Waals surface area contributed by atoms with Crippen molar-refractivity contribution in [2.45, 2.75) is 39.2 Å². The van der Waals surface area contributed by atoms with E-state index in [1.165, 1.54) is 0 Å². The van der Waals surface area contributed by atoms with Gasteiger partial charge < -0.3 is 5.73 Å². The van der Waals surface area contributed by atoms with Gasteiger partial charge in [-0.3, -0.25) is 4.79 Å². The van der Waals surface area contributed by atoms with Crippen LogP contribution in [0.15, 0.2) is 12.2 Å². The molecule has 0 aromatic heterocycles. The van der Waals surface area contributed by atoms with Crippen LogP contribution in [0.3, 0.4) is 0 Å². The van der Waals surface area contributed by atoms with Crippen LogP contribution in [0.2, 0.25) is 0 Å². The number of hydrogen-bond acceptors (Lipinski definition) is 2. The molecule has 1 aliphatic carbocycles. The first-order chi connectivity index (χ1) is 6.13. The smallest absolute Gasteiger partial charge is 0.140 e. The lowest BCUT2D eigenvalue weighted by atomic mass is 9.93. The molecule has 0 heterocycles. The van der Waals surface area contributed by atoms with Crippen molar-refractivity contribution in [2.75, 3.05) is 0 Å². The quantitative estimate of drug-likeness (QED) is 0.673. The lowest BCUT2D eigenvalue weighted by Gasteiger charge is -2.11. The minimum Gasteiger partial charge on any atom is -0.324 e. The van der Waals surface area contributed by atoms with Gasteiger partial charge in [0.2, 0.25) is 0 Å². The van der Waals surface area contributed by atoms with Crippen molar-refractivity contribution in [1.82, 2.24) is 0 Å². The second kappa shape index (κ2) is 4.56. The summed E-state index contributed by atoms with van der Waals surface area (Å²) in [5.41, 5.74) is 5.69. The van der Waals surface area contributed by atoms with E-state index in [1.54, 1.807) is 0 Å². The van der Waals surface area contributed by atoms with Crippen LogP contribution in [0, 0.1) is 11.8 Å². The first kappa shape index (κ1) is 10.5. The molecule has 0 spiro atoms. The second-order valence-corrected chi connectivity index (χ2v) is 4.07. The Balaban J connectivity index is 2.37. The van der Waals surface area contributed by atoms with E-state index in [-0.39, 0.29) is 12.0 Å². The Morgan fingerprint density at radius 1 is 1.62 bits per heavy atom. The molecule has 0 saturated carbocycles. The maximum absolute atomic E-state index is 11.7. The molecule has 0 aromatic rings. The van der Waals surface area contributed by atoms with E-state index < -0.39 is 0 Å². The number of hydrogen-bond donors (Lipinski definition) is 1. The lowest BCUT2D eigenvalue weighted by Crippen LogP contribution is -2.20. The monoisotopic (exact) mass is 181 g/mol. The Hall–Kier alpha value is -0.630. The van der Waals surface area contributed by atoms with Gasteiger partial charge >= 0.3 is 0 Å². The molecule has 0 aliphatic heterocycles. The van der Waals surface area contributed by atoms with Crippen LogP contribution in [0.1, 0.15) is 33.1 Å². The number of rotatable bonds is 4. The van der Waals surface area contributed by atoms with Gasteiger partial charge in [-0.25, -0.2) is 0 Å². The fraction of sp³-hybridized carbons (Fsp3) is 0.727.